The summed E-state index contributed by atoms with van der Waals surface area (Å²) in [5, 5.41) is 9.02. The summed E-state index contributed by atoms with van der Waals surface area (Å²) in [7, 11) is 1.88. The predicted octanol–water partition coefficient (Wildman–Crippen LogP) is 2.17. The van der Waals surface area contributed by atoms with Crippen molar-refractivity contribution in [2.45, 2.75) is 13.1 Å². The number of benzene rings is 1. The van der Waals surface area contributed by atoms with E-state index in [9.17, 15) is 0 Å². The van der Waals surface area contributed by atoms with Crippen LogP contribution in [0.15, 0.2) is 47.1 Å². The third-order valence-corrected chi connectivity index (χ3v) is 2.72. The molecule has 0 amide bonds. The molecule has 0 N–H and O–H groups in total. The van der Waals surface area contributed by atoms with Crippen LogP contribution >= 0.6 is 0 Å². The standard InChI is InChI=1S/C13H13N3/c1-10-8-12(11-6-4-3-5-7-11)15-13(9-14)16(10)2/h3-8,13H,1-2H3. The highest BCUT2D eigenvalue weighted by Gasteiger charge is 2.18. The summed E-state index contributed by atoms with van der Waals surface area (Å²) in [6.07, 6.45) is 1.59. The number of aliphatic imine (C=N–C) groups is 1. The van der Waals surface area contributed by atoms with Gasteiger partial charge in [0.05, 0.1) is 5.71 Å². The second-order valence-corrected chi connectivity index (χ2v) is 3.78. The fourth-order valence-electron chi connectivity index (χ4n) is 1.63. The molecule has 2 rings (SSSR count). The van der Waals surface area contributed by atoms with Gasteiger partial charge in [-0.25, -0.2) is 4.99 Å². The van der Waals surface area contributed by atoms with E-state index in [0.717, 1.165) is 17.0 Å². The molecular formula is C13H13N3. The number of nitrogens with zero attached hydrogens (tertiary/aromatic N) is 3. The Morgan fingerprint density at radius 3 is 2.62 bits per heavy atom. The molecule has 16 heavy (non-hydrogen) atoms. The first-order valence-electron chi connectivity index (χ1n) is 5.16. The fourth-order valence-corrected chi connectivity index (χ4v) is 1.63. The van der Waals surface area contributed by atoms with Gasteiger partial charge in [0.25, 0.3) is 0 Å². The van der Waals surface area contributed by atoms with Crippen LogP contribution in [0.2, 0.25) is 0 Å². The first kappa shape index (κ1) is 10.4. The van der Waals surface area contributed by atoms with Crippen LogP contribution < -0.4 is 0 Å². The van der Waals surface area contributed by atoms with Crippen molar-refractivity contribution in [1.29, 1.82) is 5.26 Å². The van der Waals surface area contributed by atoms with Gasteiger partial charge in [-0.2, -0.15) is 5.26 Å². The molecule has 1 aliphatic rings. The summed E-state index contributed by atoms with van der Waals surface area (Å²) in [6.45, 7) is 1.99. The molecule has 1 aromatic rings. The number of allylic oxidation sites excluding steroid dienone is 2. The first-order chi connectivity index (χ1) is 7.72. The topological polar surface area (TPSA) is 39.4 Å². The third-order valence-electron chi connectivity index (χ3n) is 2.72. The minimum absolute atomic E-state index is 0.416. The van der Waals surface area contributed by atoms with E-state index in [1.165, 1.54) is 0 Å². The Hall–Kier alpha value is -2.08. The molecule has 3 nitrogen and oxygen atoms in total. The monoisotopic (exact) mass is 211 g/mol. The molecule has 80 valence electrons. The smallest absolute Gasteiger partial charge is 0.209 e. The van der Waals surface area contributed by atoms with Crippen LogP contribution in [0.4, 0.5) is 0 Å². The van der Waals surface area contributed by atoms with Gasteiger partial charge in [0.2, 0.25) is 6.17 Å². The van der Waals surface area contributed by atoms with Crippen molar-refractivity contribution in [3.8, 4) is 6.07 Å². The molecule has 0 aliphatic carbocycles. The lowest BCUT2D eigenvalue weighted by atomic mass is 10.1. The van der Waals surface area contributed by atoms with E-state index in [-0.39, 0.29) is 0 Å². The average Bonchev–Trinajstić information content (AvgIpc) is 2.33. The Kier molecular flexibility index (Phi) is 2.74. The first-order valence-corrected chi connectivity index (χ1v) is 5.16. The summed E-state index contributed by atoms with van der Waals surface area (Å²) >= 11 is 0. The molecule has 1 atom stereocenters. The van der Waals surface area contributed by atoms with Gasteiger partial charge in [-0.3, -0.25) is 0 Å². The van der Waals surface area contributed by atoms with E-state index in [2.05, 4.69) is 11.1 Å². The van der Waals surface area contributed by atoms with E-state index in [1.807, 2.05) is 55.3 Å². The zero-order valence-electron chi connectivity index (χ0n) is 9.38. The van der Waals surface area contributed by atoms with Gasteiger partial charge < -0.3 is 4.90 Å². The molecule has 1 heterocycles. The third kappa shape index (κ3) is 1.82. The molecule has 0 saturated heterocycles. The van der Waals surface area contributed by atoms with E-state index in [1.54, 1.807) is 0 Å². The number of rotatable bonds is 1. The minimum atomic E-state index is -0.416. The van der Waals surface area contributed by atoms with Gasteiger partial charge in [-0.15, -0.1) is 0 Å². The van der Waals surface area contributed by atoms with Crippen LogP contribution in [0.5, 0.6) is 0 Å². The SMILES string of the molecule is CC1=CC(c2ccccc2)=NC(C#N)N1C. The molecule has 1 aromatic carbocycles. The van der Waals surface area contributed by atoms with Crippen LogP contribution in [0.25, 0.3) is 0 Å². The highest BCUT2D eigenvalue weighted by Crippen LogP contribution is 2.16. The highest BCUT2D eigenvalue weighted by atomic mass is 15.2. The van der Waals surface area contributed by atoms with Crippen molar-refractivity contribution >= 4 is 5.71 Å². The fraction of sp³-hybridized carbons (Fsp3) is 0.231. The van der Waals surface area contributed by atoms with Gasteiger partial charge in [-0.1, -0.05) is 30.3 Å². The van der Waals surface area contributed by atoms with Crippen molar-refractivity contribution in [3.63, 3.8) is 0 Å². The lowest BCUT2D eigenvalue weighted by Crippen LogP contribution is -2.31. The zero-order valence-corrected chi connectivity index (χ0v) is 9.38. The van der Waals surface area contributed by atoms with Crippen molar-refractivity contribution in [2.24, 2.45) is 4.99 Å². The Bertz CT molecular complexity index is 480. The number of hydrogen-bond acceptors (Lipinski definition) is 3. The van der Waals surface area contributed by atoms with Crippen molar-refractivity contribution < 1.29 is 0 Å². The second kappa shape index (κ2) is 4.19. The average molecular weight is 211 g/mol. The van der Waals surface area contributed by atoms with Gasteiger partial charge in [0.1, 0.15) is 6.07 Å². The van der Waals surface area contributed by atoms with Crippen LogP contribution in [0.3, 0.4) is 0 Å². The molecule has 3 heteroatoms. The molecular weight excluding hydrogens is 198 g/mol. The van der Waals surface area contributed by atoms with Crippen molar-refractivity contribution in [2.75, 3.05) is 7.05 Å². The Morgan fingerprint density at radius 1 is 1.31 bits per heavy atom. The summed E-state index contributed by atoms with van der Waals surface area (Å²) in [5.41, 5.74) is 2.98. The van der Waals surface area contributed by atoms with Gasteiger partial charge in [0.15, 0.2) is 0 Å². The van der Waals surface area contributed by atoms with Gasteiger partial charge in [-0.05, 0) is 18.6 Å². The van der Waals surface area contributed by atoms with Crippen LogP contribution in [-0.2, 0) is 0 Å². The quantitative estimate of drug-likeness (QED) is 0.714. The predicted molar refractivity (Wildman–Crippen MR) is 63.9 cm³/mol. The Morgan fingerprint density at radius 2 is 2.00 bits per heavy atom. The number of nitriles is 1. The lowest BCUT2D eigenvalue weighted by molar-refractivity contribution is 0.365. The molecule has 0 radical (unpaired) electrons. The van der Waals surface area contributed by atoms with E-state index in [0.29, 0.717) is 0 Å². The van der Waals surface area contributed by atoms with E-state index in [4.69, 9.17) is 5.26 Å². The Balaban J connectivity index is 2.41. The zero-order chi connectivity index (χ0) is 11.5. The highest BCUT2D eigenvalue weighted by molar-refractivity contribution is 6.09. The Labute approximate surface area is 95.3 Å². The van der Waals surface area contributed by atoms with Crippen molar-refractivity contribution in [3.05, 3.63) is 47.7 Å². The molecule has 0 aromatic heterocycles. The molecule has 0 bridgehead atoms. The summed E-state index contributed by atoms with van der Waals surface area (Å²) in [4.78, 5) is 6.27. The molecule has 1 unspecified atom stereocenters. The largest absolute Gasteiger partial charge is 0.345 e. The maximum absolute atomic E-state index is 9.02. The van der Waals surface area contributed by atoms with Gasteiger partial charge >= 0.3 is 0 Å². The van der Waals surface area contributed by atoms with E-state index >= 15 is 0 Å². The molecule has 0 fully saturated rings. The normalized spacial score (nSPS) is 19.8. The summed E-state index contributed by atoms with van der Waals surface area (Å²) < 4.78 is 0. The summed E-state index contributed by atoms with van der Waals surface area (Å²) in [6, 6.07) is 12.1. The van der Waals surface area contributed by atoms with Crippen LogP contribution in [0, 0.1) is 11.3 Å². The molecule has 0 saturated carbocycles. The van der Waals surface area contributed by atoms with Crippen molar-refractivity contribution in [1.82, 2.24) is 4.90 Å². The minimum Gasteiger partial charge on any atom is -0.345 e. The van der Waals surface area contributed by atoms with Crippen LogP contribution in [0.1, 0.15) is 12.5 Å². The summed E-state index contributed by atoms with van der Waals surface area (Å²) in [5.74, 6) is 0. The molecule has 0 spiro atoms. The van der Waals surface area contributed by atoms with Crippen LogP contribution in [-0.4, -0.2) is 23.8 Å². The van der Waals surface area contributed by atoms with E-state index < -0.39 is 6.17 Å². The molecule has 1 aliphatic heterocycles. The van der Waals surface area contributed by atoms with Gasteiger partial charge in [0, 0.05) is 12.7 Å². The lowest BCUT2D eigenvalue weighted by Gasteiger charge is -2.27. The maximum Gasteiger partial charge on any atom is 0.209 e. The maximum atomic E-state index is 9.02. The second-order valence-electron chi connectivity index (χ2n) is 3.78. The number of hydrogen-bond donors (Lipinski definition) is 0.